The predicted octanol–water partition coefficient (Wildman–Crippen LogP) is 2.66. The number of rotatable bonds is 3. The van der Waals surface area contributed by atoms with Gasteiger partial charge in [0.2, 0.25) is 0 Å². The van der Waals surface area contributed by atoms with Gasteiger partial charge in [-0.1, -0.05) is 13.0 Å². The van der Waals surface area contributed by atoms with E-state index in [1.54, 1.807) is 6.20 Å². The average molecular weight is 246 g/mol. The van der Waals surface area contributed by atoms with Crippen LogP contribution in [0.1, 0.15) is 13.3 Å². The minimum atomic E-state index is 0.685. The number of nitrogens with zero attached hydrogens (tertiary/aromatic N) is 3. The zero-order valence-electron chi connectivity index (χ0n) is 9.63. The first-order chi connectivity index (χ1) is 8.25. The Labute approximate surface area is 105 Å². The minimum absolute atomic E-state index is 0.685. The lowest BCUT2D eigenvalue weighted by molar-refractivity contribution is 0.590. The molecule has 1 saturated carbocycles. The molecule has 1 fully saturated rings. The lowest BCUT2D eigenvalue weighted by Gasteiger charge is -2.05. The molecule has 0 bridgehead atoms. The maximum absolute atomic E-state index is 5.27. The van der Waals surface area contributed by atoms with Gasteiger partial charge in [0.15, 0.2) is 10.6 Å². The Balaban J connectivity index is 1.97. The number of hydrogen-bond acceptors (Lipinski definition) is 3. The Bertz CT molecular complexity index is 572. The Morgan fingerprint density at radius 2 is 2.35 bits per heavy atom. The molecule has 1 N–H and O–H groups in total. The minimum Gasteiger partial charge on any atom is -0.299 e. The summed E-state index contributed by atoms with van der Waals surface area (Å²) in [5.74, 6) is 2.39. The van der Waals surface area contributed by atoms with E-state index < -0.39 is 0 Å². The fourth-order valence-corrected chi connectivity index (χ4v) is 2.27. The first-order valence-electron chi connectivity index (χ1n) is 5.82. The van der Waals surface area contributed by atoms with Gasteiger partial charge in [0.1, 0.15) is 5.69 Å². The molecule has 2 aromatic rings. The molecule has 3 rings (SSSR count). The van der Waals surface area contributed by atoms with Crippen LogP contribution in [0, 0.1) is 16.6 Å². The second-order valence-electron chi connectivity index (χ2n) is 4.65. The van der Waals surface area contributed by atoms with Gasteiger partial charge in [0, 0.05) is 12.7 Å². The van der Waals surface area contributed by atoms with Crippen molar-refractivity contribution in [1.29, 1.82) is 0 Å². The van der Waals surface area contributed by atoms with Crippen molar-refractivity contribution < 1.29 is 0 Å². The van der Waals surface area contributed by atoms with Gasteiger partial charge in [-0.05, 0) is 42.6 Å². The summed E-state index contributed by atoms with van der Waals surface area (Å²) in [7, 11) is 0. The van der Waals surface area contributed by atoms with Crippen molar-refractivity contribution in [3.05, 3.63) is 29.2 Å². The van der Waals surface area contributed by atoms with Gasteiger partial charge >= 0.3 is 0 Å². The van der Waals surface area contributed by atoms with Crippen molar-refractivity contribution in [2.45, 2.75) is 19.9 Å². The molecule has 5 heteroatoms. The van der Waals surface area contributed by atoms with Crippen LogP contribution in [0.4, 0.5) is 0 Å². The predicted molar refractivity (Wildman–Crippen MR) is 67.9 cm³/mol. The van der Waals surface area contributed by atoms with Gasteiger partial charge < -0.3 is 0 Å². The molecule has 17 heavy (non-hydrogen) atoms. The van der Waals surface area contributed by atoms with Crippen LogP contribution in [-0.4, -0.2) is 19.7 Å². The third kappa shape index (κ3) is 2.02. The average Bonchev–Trinajstić information content (AvgIpc) is 2.92. The second kappa shape index (κ2) is 4.07. The molecule has 0 amide bonds. The summed E-state index contributed by atoms with van der Waals surface area (Å²) in [6, 6.07) is 5.82. The summed E-state index contributed by atoms with van der Waals surface area (Å²) < 4.78 is 2.75. The molecule has 0 aliphatic heterocycles. The van der Waals surface area contributed by atoms with Crippen molar-refractivity contribution in [3.8, 4) is 11.5 Å². The van der Waals surface area contributed by atoms with Crippen LogP contribution in [0.2, 0.25) is 0 Å². The fourth-order valence-electron chi connectivity index (χ4n) is 2.07. The highest BCUT2D eigenvalue weighted by Gasteiger charge is 2.33. The van der Waals surface area contributed by atoms with Crippen LogP contribution >= 0.6 is 12.2 Å². The highest BCUT2D eigenvalue weighted by atomic mass is 32.1. The second-order valence-corrected chi connectivity index (χ2v) is 5.04. The van der Waals surface area contributed by atoms with Crippen molar-refractivity contribution in [2.75, 3.05) is 0 Å². The normalized spacial score (nSPS) is 22.6. The van der Waals surface area contributed by atoms with Crippen molar-refractivity contribution in [3.63, 3.8) is 0 Å². The van der Waals surface area contributed by atoms with E-state index in [9.17, 15) is 0 Å². The van der Waals surface area contributed by atoms with E-state index in [1.165, 1.54) is 6.42 Å². The zero-order chi connectivity index (χ0) is 11.8. The summed E-state index contributed by atoms with van der Waals surface area (Å²) in [6.07, 6.45) is 3.06. The number of aromatic nitrogens is 4. The van der Waals surface area contributed by atoms with Gasteiger partial charge in [-0.2, -0.15) is 5.10 Å². The van der Waals surface area contributed by atoms with E-state index in [1.807, 2.05) is 18.2 Å². The van der Waals surface area contributed by atoms with Gasteiger partial charge in [-0.15, -0.1) is 0 Å². The molecule has 0 spiro atoms. The summed E-state index contributed by atoms with van der Waals surface area (Å²) >= 11 is 5.27. The van der Waals surface area contributed by atoms with E-state index in [2.05, 4.69) is 26.7 Å². The van der Waals surface area contributed by atoms with Gasteiger partial charge in [-0.3, -0.25) is 14.6 Å². The van der Waals surface area contributed by atoms with Crippen LogP contribution in [0.15, 0.2) is 24.4 Å². The third-order valence-electron chi connectivity index (χ3n) is 3.35. The summed E-state index contributed by atoms with van der Waals surface area (Å²) in [5.41, 5.74) is 0.869. The molecule has 2 heterocycles. The number of aromatic amines is 1. The number of H-pyrrole nitrogens is 1. The number of nitrogens with one attached hydrogen (secondary N) is 1. The Kier molecular flexibility index (Phi) is 2.55. The molecule has 2 atom stereocenters. The molecule has 88 valence electrons. The quantitative estimate of drug-likeness (QED) is 0.847. The highest BCUT2D eigenvalue weighted by Crippen LogP contribution is 2.39. The molecular weight excluding hydrogens is 232 g/mol. The van der Waals surface area contributed by atoms with E-state index >= 15 is 0 Å². The van der Waals surface area contributed by atoms with Crippen LogP contribution in [-0.2, 0) is 6.54 Å². The monoisotopic (exact) mass is 246 g/mol. The van der Waals surface area contributed by atoms with E-state index in [0.717, 1.165) is 29.9 Å². The molecule has 0 saturated heterocycles. The third-order valence-corrected chi connectivity index (χ3v) is 3.66. The first kappa shape index (κ1) is 10.7. The maximum Gasteiger partial charge on any atom is 0.195 e. The lowest BCUT2D eigenvalue weighted by Crippen LogP contribution is -2.04. The van der Waals surface area contributed by atoms with Crippen LogP contribution < -0.4 is 0 Å². The first-order valence-corrected chi connectivity index (χ1v) is 6.23. The highest BCUT2D eigenvalue weighted by molar-refractivity contribution is 7.71. The molecule has 0 aromatic carbocycles. The fraction of sp³-hybridized carbons (Fsp3) is 0.417. The standard InChI is InChI=1S/C12H14N4S/c1-8-6-9(8)7-16-11(14-15-12(16)17)10-4-2-3-5-13-10/h2-5,8-9H,6-7H2,1H3,(H,15,17). The number of hydrogen-bond donors (Lipinski definition) is 1. The summed E-state index contributed by atoms with van der Waals surface area (Å²) in [4.78, 5) is 4.32. The Morgan fingerprint density at radius 3 is 3.00 bits per heavy atom. The molecule has 1 aliphatic carbocycles. The van der Waals surface area contributed by atoms with Gasteiger partial charge in [-0.25, -0.2) is 0 Å². The maximum atomic E-state index is 5.27. The molecule has 2 unspecified atom stereocenters. The van der Waals surface area contributed by atoms with Crippen molar-refractivity contribution in [1.82, 2.24) is 19.7 Å². The largest absolute Gasteiger partial charge is 0.299 e. The molecule has 2 aromatic heterocycles. The Morgan fingerprint density at radius 1 is 1.53 bits per heavy atom. The van der Waals surface area contributed by atoms with Gasteiger partial charge in [0.05, 0.1) is 0 Å². The van der Waals surface area contributed by atoms with Gasteiger partial charge in [0.25, 0.3) is 0 Å². The van der Waals surface area contributed by atoms with E-state index in [-0.39, 0.29) is 0 Å². The van der Waals surface area contributed by atoms with Crippen LogP contribution in [0.3, 0.4) is 0 Å². The van der Waals surface area contributed by atoms with Crippen LogP contribution in [0.25, 0.3) is 11.5 Å². The zero-order valence-corrected chi connectivity index (χ0v) is 10.4. The van der Waals surface area contributed by atoms with Crippen molar-refractivity contribution in [2.24, 2.45) is 11.8 Å². The van der Waals surface area contributed by atoms with E-state index in [0.29, 0.717) is 4.77 Å². The Hall–Kier alpha value is -1.49. The topological polar surface area (TPSA) is 46.5 Å². The number of pyridine rings is 1. The van der Waals surface area contributed by atoms with Crippen molar-refractivity contribution >= 4 is 12.2 Å². The van der Waals surface area contributed by atoms with E-state index in [4.69, 9.17) is 12.2 Å². The lowest BCUT2D eigenvalue weighted by atomic mass is 10.3. The summed E-state index contributed by atoms with van der Waals surface area (Å²) in [5, 5.41) is 7.13. The molecule has 1 aliphatic rings. The van der Waals surface area contributed by atoms with Crippen LogP contribution in [0.5, 0.6) is 0 Å². The molecule has 0 radical (unpaired) electrons. The molecule has 4 nitrogen and oxygen atoms in total. The SMILES string of the molecule is CC1CC1Cn1c(-c2ccccn2)n[nH]c1=S. The smallest absolute Gasteiger partial charge is 0.195 e. The molecular formula is C12H14N4S. The summed E-state index contributed by atoms with van der Waals surface area (Å²) in [6.45, 7) is 3.22.